The first kappa shape index (κ1) is 18.4. The first-order valence-electron chi connectivity index (χ1n) is 8.85. The summed E-state index contributed by atoms with van der Waals surface area (Å²) in [6.07, 6.45) is 5.83. The van der Waals surface area contributed by atoms with Crippen molar-refractivity contribution in [3.63, 3.8) is 0 Å². The van der Waals surface area contributed by atoms with Crippen molar-refractivity contribution in [2.45, 2.75) is 13.3 Å². The first-order chi connectivity index (χ1) is 13.2. The molecule has 136 valence electrons. The number of nitrogens with zero attached hydrogens (tertiary/aromatic N) is 1. The highest BCUT2D eigenvalue weighted by Gasteiger charge is 2.11. The zero-order chi connectivity index (χ0) is 18.9. The Kier molecular flexibility index (Phi) is 6.36. The Morgan fingerprint density at radius 2 is 1.78 bits per heavy atom. The van der Waals surface area contributed by atoms with Gasteiger partial charge in [-0.25, -0.2) is 0 Å². The van der Waals surface area contributed by atoms with Gasteiger partial charge in [0.1, 0.15) is 0 Å². The molecule has 0 amide bonds. The summed E-state index contributed by atoms with van der Waals surface area (Å²) in [4.78, 5) is 16.5. The number of esters is 1. The molecule has 0 radical (unpaired) electrons. The van der Waals surface area contributed by atoms with Crippen LogP contribution in [0.3, 0.4) is 0 Å². The van der Waals surface area contributed by atoms with Gasteiger partial charge in [-0.1, -0.05) is 48.5 Å². The van der Waals surface area contributed by atoms with E-state index in [0.717, 1.165) is 16.8 Å². The third-order valence-electron chi connectivity index (χ3n) is 3.82. The molecule has 0 saturated heterocycles. The Morgan fingerprint density at radius 1 is 0.963 bits per heavy atom. The summed E-state index contributed by atoms with van der Waals surface area (Å²) in [6, 6.07) is 20.8. The van der Waals surface area contributed by atoms with E-state index in [1.807, 2.05) is 79.7 Å². The topological polar surface area (TPSA) is 48.4 Å². The summed E-state index contributed by atoms with van der Waals surface area (Å²) in [5.41, 5.74) is 2.72. The second-order valence-electron chi connectivity index (χ2n) is 5.86. The molecule has 4 heteroatoms. The van der Waals surface area contributed by atoms with Gasteiger partial charge in [0, 0.05) is 6.20 Å². The highest BCUT2D eigenvalue weighted by molar-refractivity contribution is 5.76. The molecule has 3 rings (SSSR count). The van der Waals surface area contributed by atoms with Crippen molar-refractivity contribution in [3.05, 3.63) is 89.7 Å². The van der Waals surface area contributed by atoms with Gasteiger partial charge in [-0.05, 0) is 48.4 Å². The van der Waals surface area contributed by atoms with Crippen molar-refractivity contribution in [2.75, 3.05) is 6.61 Å². The molecule has 0 saturated carbocycles. The fourth-order valence-corrected chi connectivity index (χ4v) is 2.56. The van der Waals surface area contributed by atoms with Crippen LogP contribution in [0.5, 0.6) is 11.5 Å². The van der Waals surface area contributed by atoms with Crippen LogP contribution in [0.25, 0.3) is 12.2 Å². The lowest BCUT2D eigenvalue weighted by atomic mass is 10.1. The van der Waals surface area contributed by atoms with Crippen molar-refractivity contribution in [2.24, 2.45) is 0 Å². The van der Waals surface area contributed by atoms with Gasteiger partial charge in [0.05, 0.1) is 18.7 Å². The van der Waals surface area contributed by atoms with Gasteiger partial charge in [0.15, 0.2) is 11.5 Å². The average Bonchev–Trinajstić information content (AvgIpc) is 2.70. The zero-order valence-corrected chi connectivity index (χ0v) is 15.2. The van der Waals surface area contributed by atoms with Gasteiger partial charge >= 0.3 is 5.97 Å². The van der Waals surface area contributed by atoms with Gasteiger partial charge in [-0.2, -0.15) is 0 Å². The number of hydrogen-bond donors (Lipinski definition) is 0. The Hall–Kier alpha value is -3.40. The predicted octanol–water partition coefficient (Wildman–Crippen LogP) is 4.80. The molecular weight excluding hydrogens is 338 g/mol. The smallest absolute Gasteiger partial charge is 0.315 e. The monoisotopic (exact) mass is 359 g/mol. The third-order valence-corrected chi connectivity index (χ3v) is 3.82. The van der Waals surface area contributed by atoms with Crippen molar-refractivity contribution in [1.82, 2.24) is 4.98 Å². The van der Waals surface area contributed by atoms with Crippen molar-refractivity contribution >= 4 is 18.1 Å². The molecule has 0 aliphatic heterocycles. The van der Waals surface area contributed by atoms with E-state index in [1.165, 1.54) is 0 Å². The largest absolute Gasteiger partial charge is 0.490 e. The molecule has 0 aliphatic rings. The lowest BCUT2D eigenvalue weighted by molar-refractivity contribution is -0.133. The summed E-state index contributed by atoms with van der Waals surface area (Å²) >= 11 is 0. The summed E-state index contributed by atoms with van der Waals surface area (Å²) in [7, 11) is 0. The Balaban J connectivity index is 1.73. The van der Waals surface area contributed by atoms with Crippen molar-refractivity contribution in [3.8, 4) is 11.5 Å². The minimum Gasteiger partial charge on any atom is -0.490 e. The molecular formula is C23H21NO3. The molecule has 0 aliphatic carbocycles. The molecule has 2 aromatic carbocycles. The Bertz CT molecular complexity index is 905. The summed E-state index contributed by atoms with van der Waals surface area (Å²) < 4.78 is 11.2. The van der Waals surface area contributed by atoms with Gasteiger partial charge < -0.3 is 9.47 Å². The maximum Gasteiger partial charge on any atom is 0.315 e. The molecule has 0 fully saturated rings. The highest BCUT2D eigenvalue weighted by Crippen LogP contribution is 2.29. The van der Waals surface area contributed by atoms with Crippen molar-refractivity contribution in [1.29, 1.82) is 0 Å². The van der Waals surface area contributed by atoms with Crippen LogP contribution < -0.4 is 9.47 Å². The number of carbonyl (C=O) groups excluding carboxylic acids is 1. The first-order valence-corrected chi connectivity index (χ1v) is 8.85. The van der Waals surface area contributed by atoms with Crippen LogP contribution in [0.2, 0.25) is 0 Å². The second kappa shape index (κ2) is 9.34. The normalized spacial score (nSPS) is 10.7. The van der Waals surface area contributed by atoms with Gasteiger partial charge in [0.25, 0.3) is 0 Å². The molecule has 3 aromatic rings. The third kappa shape index (κ3) is 5.54. The molecule has 4 nitrogen and oxygen atoms in total. The number of benzene rings is 2. The predicted molar refractivity (Wildman–Crippen MR) is 107 cm³/mol. The summed E-state index contributed by atoms with van der Waals surface area (Å²) in [6.45, 7) is 2.38. The van der Waals surface area contributed by atoms with E-state index in [9.17, 15) is 4.79 Å². The van der Waals surface area contributed by atoms with E-state index in [0.29, 0.717) is 18.1 Å². The molecule has 0 spiro atoms. The summed E-state index contributed by atoms with van der Waals surface area (Å²) in [5, 5.41) is 0. The standard InChI is InChI=1S/C23H21NO3/c1-2-26-22-16-19(11-13-20-10-6-7-15-24-20)12-14-21(22)27-23(25)17-18-8-4-3-5-9-18/h3-16H,2,17H2,1H3/b13-11+. The van der Waals surface area contributed by atoms with Crippen LogP contribution >= 0.6 is 0 Å². The van der Waals surface area contributed by atoms with Crippen LogP contribution in [0, 0.1) is 0 Å². The van der Waals surface area contributed by atoms with E-state index in [1.54, 1.807) is 12.3 Å². The van der Waals surface area contributed by atoms with E-state index >= 15 is 0 Å². The van der Waals surface area contributed by atoms with Gasteiger partial charge in [-0.3, -0.25) is 9.78 Å². The van der Waals surface area contributed by atoms with Crippen molar-refractivity contribution < 1.29 is 14.3 Å². The number of ether oxygens (including phenoxy) is 2. The zero-order valence-electron chi connectivity index (χ0n) is 15.2. The molecule has 1 heterocycles. The molecule has 0 N–H and O–H groups in total. The second-order valence-corrected chi connectivity index (χ2v) is 5.86. The molecule has 0 unspecified atom stereocenters. The Labute approximate surface area is 159 Å². The maximum absolute atomic E-state index is 12.2. The SMILES string of the molecule is CCOc1cc(/C=C/c2ccccn2)ccc1OC(=O)Cc1ccccc1. The Morgan fingerprint density at radius 3 is 2.52 bits per heavy atom. The van der Waals surface area contributed by atoms with Gasteiger partial charge in [-0.15, -0.1) is 0 Å². The lowest BCUT2D eigenvalue weighted by Gasteiger charge is -2.11. The number of carbonyl (C=O) groups is 1. The lowest BCUT2D eigenvalue weighted by Crippen LogP contribution is -2.12. The van der Waals surface area contributed by atoms with E-state index in [-0.39, 0.29) is 12.4 Å². The minimum absolute atomic E-state index is 0.216. The summed E-state index contributed by atoms with van der Waals surface area (Å²) in [5.74, 6) is 0.647. The molecule has 0 bridgehead atoms. The fraction of sp³-hybridized carbons (Fsp3) is 0.130. The quantitative estimate of drug-likeness (QED) is 0.449. The number of pyridine rings is 1. The maximum atomic E-state index is 12.2. The van der Waals surface area contributed by atoms with Crippen LogP contribution in [-0.2, 0) is 11.2 Å². The number of aromatic nitrogens is 1. The number of hydrogen-bond acceptors (Lipinski definition) is 4. The minimum atomic E-state index is -0.320. The van der Waals surface area contributed by atoms with Gasteiger partial charge in [0.2, 0.25) is 0 Å². The van der Waals surface area contributed by atoms with E-state index in [4.69, 9.17) is 9.47 Å². The molecule has 1 aromatic heterocycles. The van der Waals surface area contributed by atoms with Crippen LogP contribution in [-0.4, -0.2) is 17.6 Å². The highest BCUT2D eigenvalue weighted by atomic mass is 16.6. The molecule has 0 atom stereocenters. The van der Waals surface area contributed by atoms with Crippen LogP contribution in [0.15, 0.2) is 72.9 Å². The number of rotatable bonds is 7. The molecule has 27 heavy (non-hydrogen) atoms. The van der Waals surface area contributed by atoms with Crippen LogP contribution in [0.1, 0.15) is 23.7 Å². The van der Waals surface area contributed by atoms with E-state index < -0.39 is 0 Å². The van der Waals surface area contributed by atoms with E-state index in [2.05, 4.69) is 4.98 Å². The fourth-order valence-electron chi connectivity index (χ4n) is 2.56. The average molecular weight is 359 g/mol. The van der Waals surface area contributed by atoms with Crippen LogP contribution in [0.4, 0.5) is 0 Å².